The van der Waals surface area contributed by atoms with E-state index in [0.29, 0.717) is 24.0 Å². The Morgan fingerprint density at radius 1 is 1.09 bits per heavy atom. The highest BCUT2D eigenvalue weighted by molar-refractivity contribution is 6.74. The van der Waals surface area contributed by atoms with Crippen LogP contribution in [0, 0.1) is 11.3 Å². The maximum atomic E-state index is 11.0. The summed E-state index contributed by atoms with van der Waals surface area (Å²) in [5, 5.41) is 20.2. The third-order valence-electron chi connectivity index (χ3n) is 6.50. The summed E-state index contributed by atoms with van der Waals surface area (Å²) in [6.45, 7) is 11.7. The van der Waals surface area contributed by atoms with Crippen LogP contribution < -0.4 is 4.74 Å². The van der Waals surface area contributed by atoms with Crippen LogP contribution in [-0.2, 0) is 17.6 Å². The molecule has 35 heavy (non-hydrogen) atoms. The van der Waals surface area contributed by atoms with E-state index in [4.69, 9.17) is 20.8 Å². The van der Waals surface area contributed by atoms with Crippen LogP contribution in [0.4, 0.5) is 0 Å². The van der Waals surface area contributed by atoms with Gasteiger partial charge in [0.2, 0.25) is 0 Å². The molecule has 3 rings (SSSR count). The van der Waals surface area contributed by atoms with Crippen molar-refractivity contribution in [2.45, 2.75) is 52.1 Å². The minimum atomic E-state index is -1.89. The second-order valence-electron chi connectivity index (χ2n) is 9.95. The number of nitriles is 1. The molecule has 0 radical (unpaired) electrons. The smallest absolute Gasteiger partial charge is 0.192 e. The molecule has 0 atom stereocenters. The molecule has 3 aromatic rings. The van der Waals surface area contributed by atoms with E-state index in [1.165, 1.54) is 12.1 Å². The number of aromatic hydroxyl groups is 1. The summed E-state index contributed by atoms with van der Waals surface area (Å²) in [5.74, 6) is 0.0132. The molecular formula is C28H30ClNO4Si. The number of hydrogen-bond donors (Lipinski definition) is 1. The van der Waals surface area contributed by atoms with Gasteiger partial charge in [-0.15, -0.1) is 0 Å². The lowest BCUT2D eigenvalue weighted by molar-refractivity contribution is 0.112. The largest absolute Gasteiger partial charge is 0.507 e. The van der Waals surface area contributed by atoms with Crippen LogP contribution in [0.2, 0.25) is 23.2 Å². The highest BCUT2D eigenvalue weighted by Crippen LogP contribution is 2.37. The Morgan fingerprint density at radius 2 is 1.80 bits per heavy atom. The van der Waals surface area contributed by atoms with E-state index in [9.17, 15) is 15.2 Å². The summed E-state index contributed by atoms with van der Waals surface area (Å²) in [6.07, 6.45) is 0.522. The van der Waals surface area contributed by atoms with E-state index in [1.54, 1.807) is 0 Å². The molecule has 0 aliphatic carbocycles. The number of carbonyl (C=O) groups is 1. The Morgan fingerprint density at radius 3 is 2.46 bits per heavy atom. The Bertz CT molecular complexity index is 1270. The maximum absolute atomic E-state index is 11.0. The molecule has 182 valence electrons. The van der Waals surface area contributed by atoms with Crippen LogP contribution in [0.5, 0.6) is 11.5 Å². The molecule has 0 bridgehead atoms. The highest BCUT2D eigenvalue weighted by Gasteiger charge is 2.37. The summed E-state index contributed by atoms with van der Waals surface area (Å²) in [5.41, 5.74) is 4.04. The molecule has 0 amide bonds. The fraction of sp³-hybridized carbons (Fsp3) is 0.286. The van der Waals surface area contributed by atoms with Gasteiger partial charge in [-0.05, 0) is 47.0 Å². The van der Waals surface area contributed by atoms with Crippen LogP contribution in [0.1, 0.15) is 47.8 Å². The number of ether oxygens (including phenoxy) is 1. The Labute approximate surface area is 213 Å². The van der Waals surface area contributed by atoms with Crippen LogP contribution in [0.15, 0.2) is 54.6 Å². The fourth-order valence-corrected chi connectivity index (χ4v) is 4.51. The van der Waals surface area contributed by atoms with E-state index in [0.717, 1.165) is 16.7 Å². The first-order valence-corrected chi connectivity index (χ1v) is 14.6. The van der Waals surface area contributed by atoms with Crippen molar-refractivity contribution in [3.8, 4) is 28.7 Å². The molecular weight excluding hydrogens is 478 g/mol. The van der Waals surface area contributed by atoms with Gasteiger partial charge in [-0.1, -0.05) is 68.8 Å². The van der Waals surface area contributed by atoms with E-state index in [2.05, 4.69) is 46.0 Å². The molecule has 0 unspecified atom stereocenters. The van der Waals surface area contributed by atoms with Crippen molar-refractivity contribution in [3.63, 3.8) is 0 Å². The van der Waals surface area contributed by atoms with Crippen molar-refractivity contribution in [2.75, 3.05) is 0 Å². The van der Waals surface area contributed by atoms with Gasteiger partial charge in [-0.3, -0.25) is 4.79 Å². The van der Waals surface area contributed by atoms with Crippen LogP contribution >= 0.6 is 11.6 Å². The first kappa shape index (κ1) is 26.5. The van der Waals surface area contributed by atoms with Gasteiger partial charge in [0.15, 0.2) is 14.6 Å². The molecule has 0 saturated carbocycles. The van der Waals surface area contributed by atoms with Gasteiger partial charge < -0.3 is 14.3 Å². The number of halogens is 1. The SMILES string of the molecule is CC(C)(C)[Si](C)(C)OCc1cccc(-c2cccc(COc3cc(O)c(C=O)cc3Cl)c2C#N)c1. The second kappa shape index (κ2) is 10.7. The van der Waals surface area contributed by atoms with E-state index < -0.39 is 8.32 Å². The topological polar surface area (TPSA) is 79.5 Å². The standard InChI is InChI=1S/C28H30ClNO4Si/c1-28(2,3)35(4,5)34-17-19-8-6-9-20(12-19)23-11-7-10-21(24(23)15-30)18-33-27-14-26(32)22(16-31)13-25(27)29/h6-14,16,32H,17-18H2,1-5H3. The second-order valence-corrected chi connectivity index (χ2v) is 15.2. The number of benzene rings is 3. The lowest BCUT2D eigenvalue weighted by Gasteiger charge is -2.36. The van der Waals surface area contributed by atoms with Crippen molar-refractivity contribution in [1.29, 1.82) is 5.26 Å². The first-order chi connectivity index (χ1) is 16.5. The molecule has 0 aromatic heterocycles. The number of rotatable bonds is 8. The Balaban J connectivity index is 1.85. The summed E-state index contributed by atoms with van der Waals surface area (Å²) in [7, 11) is -1.89. The van der Waals surface area contributed by atoms with Gasteiger partial charge >= 0.3 is 0 Å². The Hall–Kier alpha value is -3.11. The van der Waals surface area contributed by atoms with Crippen molar-refractivity contribution in [2.24, 2.45) is 0 Å². The normalized spacial score (nSPS) is 11.7. The van der Waals surface area contributed by atoms with Crippen molar-refractivity contribution >= 4 is 26.2 Å². The van der Waals surface area contributed by atoms with Gasteiger partial charge in [0.05, 0.1) is 22.8 Å². The fourth-order valence-electron chi connectivity index (χ4n) is 3.32. The molecule has 0 saturated heterocycles. The molecule has 0 aliphatic heterocycles. The van der Waals surface area contributed by atoms with Crippen LogP contribution in [-0.4, -0.2) is 19.7 Å². The molecule has 0 spiro atoms. The van der Waals surface area contributed by atoms with E-state index >= 15 is 0 Å². The first-order valence-electron chi connectivity index (χ1n) is 11.3. The van der Waals surface area contributed by atoms with Gasteiger partial charge in [-0.25, -0.2) is 0 Å². The minimum Gasteiger partial charge on any atom is -0.507 e. The van der Waals surface area contributed by atoms with E-state index in [1.807, 2.05) is 36.4 Å². The average molecular weight is 508 g/mol. The average Bonchev–Trinajstić information content (AvgIpc) is 2.82. The molecule has 7 heteroatoms. The summed E-state index contributed by atoms with van der Waals surface area (Å²) in [6, 6.07) is 18.6. The van der Waals surface area contributed by atoms with Gasteiger partial charge in [0.1, 0.15) is 24.2 Å². The predicted molar refractivity (Wildman–Crippen MR) is 141 cm³/mol. The lowest BCUT2D eigenvalue weighted by Crippen LogP contribution is -2.40. The predicted octanol–water partition coefficient (Wildman–Crippen LogP) is 7.50. The number of nitrogens with zero attached hydrogens (tertiary/aromatic N) is 1. The van der Waals surface area contributed by atoms with Gasteiger partial charge in [-0.2, -0.15) is 5.26 Å². The molecule has 0 heterocycles. The summed E-state index contributed by atoms with van der Waals surface area (Å²) < 4.78 is 12.2. The van der Waals surface area contributed by atoms with Crippen LogP contribution in [0.25, 0.3) is 11.1 Å². The van der Waals surface area contributed by atoms with Crippen molar-refractivity contribution in [3.05, 3.63) is 81.9 Å². The zero-order valence-electron chi connectivity index (χ0n) is 20.7. The van der Waals surface area contributed by atoms with Crippen molar-refractivity contribution < 1.29 is 19.1 Å². The van der Waals surface area contributed by atoms with Gasteiger partial charge in [0, 0.05) is 11.6 Å². The summed E-state index contributed by atoms with van der Waals surface area (Å²) >= 11 is 6.19. The van der Waals surface area contributed by atoms with Crippen molar-refractivity contribution in [1.82, 2.24) is 0 Å². The number of aldehydes is 1. The number of carbonyl (C=O) groups excluding carboxylic acids is 1. The molecule has 3 aromatic carbocycles. The molecule has 0 aliphatic rings. The van der Waals surface area contributed by atoms with E-state index in [-0.39, 0.29) is 33.7 Å². The third kappa shape index (κ3) is 6.12. The zero-order chi connectivity index (χ0) is 25.8. The monoisotopic (exact) mass is 507 g/mol. The highest BCUT2D eigenvalue weighted by atomic mass is 35.5. The minimum absolute atomic E-state index is 0.0739. The van der Waals surface area contributed by atoms with Gasteiger partial charge in [0.25, 0.3) is 0 Å². The molecule has 5 nitrogen and oxygen atoms in total. The zero-order valence-corrected chi connectivity index (χ0v) is 22.4. The quantitative estimate of drug-likeness (QED) is 0.252. The Kier molecular flexibility index (Phi) is 8.06. The maximum Gasteiger partial charge on any atom is 0.192 e. The summed E-state index contributed by atoms with van der Waals surface area (Å²) in [4.78, 5) is 11.0. The molecule has 1 N–H and O–H groups in total. The lowest BCUT2D eigenvalue weighted by atomic mass is 9.95. The third-order valence-corrected chi connectivity index (χ3v) is 11.3. The van der Waals surface area contributed by atoms with Crippen LogP contribution in [0.3, 0.4) is 0 Å². The number of phenols is 1. The molecule has 0 fully saturated rings. The number of hydrogen-bond acceptors (Lipinski definition) is 5. The number of phenolic OH excluding ortho intramolecular Hbond substituents is 1.